The van der Waals surface area contributed by atoms with Crippen molar-refractivity contribution in [1.82, 2.24) is 10.1 Å². The predicted molar refractivity (Wildman–Crippen MR) is 107 cm³/mol. The molecule has 0 unspecified atom stereocenters. The maximum Gasteiger partial charge on any atom is 0.226 e. The van der Waals surface area contributed by atoms with Gasteiger partial charge in [0.1, 0.15) is 5.75 Å². The molecule has 0 radical (unpaired) electrons. The summed E-state index contributed by atoms with van der Waals surface area (Å²) in [6.07, 6.45) is 1.59. The first-order valence-electron chi connectivity index (χ1n) is 8.16. The third kappa shape index (κ3) is 5.04. The third-order valence-electron chi connectivity index (χ3n) is 3.74. The topological polar surface area (TPSA) is 77.2 Å². The molecule has 6 nitrogen and oxygen atoms in total. The fraction of sp³-hybridized carbons (Fsp3) is 0.211. The molecule has 2 aromatic carbocycles. The molecular weight excluding hydrogens is 445 g/mol. The van der Waals surface area contributed by atoms with E-state index in [0.29, 0.717) is 31.0 Å². The molecule has 134 valence electrons. The number of rotatable bonds is 7. The molecule has 3 rings (SSSR count). The Morgan fingerprint density at radius 2 is 1.88 bits per heavy atom. The number of hydrogen-bond donors (Lipinski definition) is 1. The van der Waals surface area contributed by atoms with E-state index in [-0.39, 0.29) is 5.91 Å². The number of anilines is 1. The molecule has 0 spiro atoms. The average molecular weight is 463 g/mol. The number of ether oxygens (including phenoxy) is 1. The van der Waals surface area contributed by atoms with E-state index in [1.165, 1.54) is 0 Å². The van der Waals surface area contributed by atoms with Gasteiger partial charge in [-0.2, -0.15) is 4.98 Å². The normalized spacial score (nSPS) is 10.5. The average Bonchev–Trinajstić information content (AvgIpc) is 3.12. The highest BCUT2D eigenvalue weighted by Gasteiger charge is 2.10. The van der Waals surface area contributed by atoms with Crippen LogP contribution in [0.15, 0.2) is 53.1 Å². The van der Waals surface area contributed by atoms with Gasteiger partial charge in [-0.15, -0.1) is 0 Å². The molecular formula is C19H18IN3O3. The van der Waals surface area contributed by atoms with Crippen molar-refractivity contribution in [2.75, 3.05) is 12.4 Å². The van der Waals surface area contributed by atoms with Gasteiger partial charge in [0.2, 0.25) is 17.6 Å². The van der Waals surface area contributed by atoms with E-state index >= 15 is 0 Å². The maximum atomic E-state index is 12.0. The minimum Gasteiger partial charge on any atom is -0.497 e. The Morgan fingerprint density at radius 3 is 2.58 bits per heavy atom. The number of nitrogens with one attached hydrogen (secondary N) is 1. The van der Waals surface area contributed by atoms with Crippen molar-refractivity contribution < 1.29 is 14.1 Å². The highest BCUT2D eigenvalue weighted by Crippen LogP contribution is 2.20. The Labute approximate surface area is 165 Å². The highest BCUT2D eigenvalue weighted by atomic mass is 127. The van der Waals surface area contributed by atoms with Gasteiger partial charge < -0.3 is 14.6 Å². The summed E-state index contributed by atoms with van der Waals surface area (Å²) >= 11 is 2.23. The summed E-state index contributed by atoms with van der Waals surface area (Å²) in [6, 6.07) is 15.1. The summed E-state index contributed by atoms with van der Waals surface area (Å²) in [5, 5.41) is 6.86. The Kier molecular flexibility index (Phi) is 6.21. The van der Waals surface area contributed by atoms with Gasteiger partial charge in [0.15, 0.2) is 0 Å². The summed E-state index contributed by atoms with van der Waals surface area (Å²) in [5.74, 6) is 1.81. The standard InChI is InChI=1S/C19H18IN3O3/c1-25-16-11-5-13(6-12-16)19-22-18(26-23-19)4-2-3-17(24)21-15-9-7-14(20)8-10-15/h5-12H,2-4H2,1H3,(H,21,24). The van der Waals surface area contributed by atoms with Gasteiger partial charge in [0.05, 0.1) is 7.11 Å². The summed E-state index contributed by atoms with van der Waals surface area (Å²) in [7, 11) is 1.62. The first-order chi connectivity index (χ1) is 12.6. The van der Waals surface area contributed by atoms with E-state index in [1.807, 2.05) is 48.5 Å². The van der Waals surface area contributed by atoms with Crippen molar-refractivity contribution >= 4 is 34.2 Å². The second-order valence-corrected chi connectivity index (χ2v) is 6.89. The molecule has 1 amide bonds. The molecule has 0 aliphatic rings. The maximum absolute atomic E-state index is 12.0. The van der Waals surface area contributed by atoms with Gasteiger partial charge in [0, 0.05) is 27.7 Å². The number of hydrogen-bond acceptors (Lipinski definition) is 5. The van der Waals surface area contributed by atoms with Gasteiger partial charge in [-0.1, -0.05) is 5.16 Å². The first-order valence-corrected chi connectivity index (χ1v) is 9.24. The van der Waals surface area contributed by atoms with Crippen molar-refractivity contribution in [3.63, 3.8) is 0 Å². The minimum absolute atomic E-state index is 0.0268. The Hall–Kier alpha value is -2.42. The minimum atomic E-state index is -0.0268. The molecule has 0 saturated carbocycles. The number of halogens is 1. The molecule has 0 atom stereocenters. The summed E-state index contributed by atoms with van der Waals surface area (Å²) in [5.41, 5.74) is 1.66. The van der Waals surface area contributed by atoms with Crippen LogP contribution in [0.5, 0.6) is 5.75 Å². The van der Waals surface area contributed by atoms with Gasteiger partial charge in [-0.05, 0) is 77.5 Å². The summed E-state index contributed by atoms with van der Waals surface area (Å²) in [4.78, 5) is 16.4. The summed E-state index contributed by atoms with van der Waals surface area (Å²) in [6.45, 7) is 0. The second kappa shape index (κ2) is 8.79. The van der Waals surface area contributed by atoms with Gasteiger partial charge in [0.25, 0.3) is 0 Å². The van der Waals surface area contributed by atoms with E-state index in [0.717, 1.165) is 20.6 Å². The molecule has 7 heteroatoms. The largest absolute Gasteiger partial charge is 0.497 e. The number of carbonyl (C=O) groups excluding carboxylic acids is 1. The van der Waals surface area contributed by atoms with E-state index in [9.17, 15) is 4.79 Å². The fourth-order valence-electron chi connectivity index (χ4n) is 2.37. The zero-order chi connectivity index (χ0) is 18.4. The van der Waals surface area contributed by atoms with Crippen LogP contribution in [0.1, 0.15) is 18.7 Å². The number of amides is 1. The lowest BCUT2D eigenvalue weighted by Gasteiger charge is -2.04. The van der Waals surface area contributed by atoms with E-state index in [4.69, 9.17) is 9.26 Å². The number of aromatic nitrogens is 2. The molecule has 0 aliphatic heterocycles. The molecule has 0 saturated heterocycles. The van der Waals surface area contributed by atoms with Crippen molar-refractivity contribution in [2.24, 2.45) is 0 Å². The zero-order valence-corrected chi connectivity index (χ0v) is 16.4. The van der Waals surface area contributed by atoms with Crippen LogP contribution in [0.4, 0.5) is 5.69 Å². The van der Waals surface area contributed by atoms with E-state index in [2.05, 4.69) is 38.0 Å². The Bertz CT molecular complexity index is 860. The highest BCUT2D eigenvalue weighted by molar-refractivity contribution is 14.1. The quantitative estimate of drug-likeness (QED) is 0.529. The van der Waals surface area contributed by atoms with Crippen molar-refractivity contribution in [2.45, 2.75) is 19.3 Å². The molecule has 0 bridgehead atoms. The molecule has 1 heterocycles. The molecule has 3 aromatic rings. The smallest absolute Gasteiger partial charge is 0.226 e. The van der Waals surface area contributed by atoms with Crippen molar-refractivity contribution in [3.05, 3.63) is 58.0 Å². The predicted octanol–water partition coefficient (Wildman–Crippen LogP) is 4.31. The van der Waals surface area contributed by atoms with E-state index in [1.54, 1.807) is 7.11 Å². The lowest BCUT2D eigenvalue weighted by Crippen LogP contribution is -2.11. The molecule has 1 aromatic heterocycles. The van der Waals surface area contributed by atoms with Crippen LogP contribution in [-0.2, 0) is 11.2 Å². The zero-order valence-electron chi connectivity index (χ0n) is 14.2. The van der Waals surface area contributed by atoms with Crippen molar-refractivity contribution in [3.8, 4) is 17.1 Å². The van der Waals surface area contributed by atoms with Crippen LogP contribution in [0, 0.1) is 3.57 Å². The summed E-state index contributed by atoms with van der Waals surface area (Å²) < 4.78 is 11.5. The van der Waals surface area contributed by atoms with Crippen LogP contribution < -0.4 is 10.1 Å². The number of aryl methyl sites for hydroxylation is 1. The third-order valence-corrected chi connectivity index (χ3v) is 4.46. The lowest BCUT2D eigenvalue weighted by atomic mass is 10.2. The van der Waals surface area contributed by atoms with Crippen LogP contribution in [0.3, 0.4) is 0 Å². The molecule has 26 heavy (non-hydrogen) atoms. The molecule has 1 N–H and O–H groups in total. The second-order valence-electron chi connectivity index (χ2n) is 5.65. The molecule has 0 fully saturated rings. The van der Waals surface area contributed by atoms with Crippen molar-refractivity contribution in [1.29, 1.82) is 0 Å². The Balaban J connectivity index is 1.48. The van der Waals surface area contributed by atoms with Crippen LogP contribution in [0.2, 0.25) is 0 Å². The number of methoxy groups -OCH3 is 1. The fourth-order valence-corrected chi connectivity index (χ4v) is 2.73. The first kappa shape index (κ1) is 18.4. The molecule has 0 aliphatic carbocycles. The SMILES string of the molecule is COc1ccc(-c2noc(CCCC(=O)Nc3ccc(I)cc3)n2)cc1. The number of benzene rings is 2. The van der Waals surface area contributed by atoms with Gasteiger partial charge in [-0.25, -0.2) is 0 Å². The van der Waals surface area contributed by atoms with Gasteiger partial charge in [-0.3, -0.25) is 4.79 Å². The van der Waals surface area contributed by atoms with Crippen LogP contribution >= 0.6 is 22.6 Å². The van der Waals surface area contributed by atoms with Crippen LogP contribution in [0.25, 0.3) is 11.4 Å². The van der Waals surface area contributed by atoms with E-state index < -0.39 is 0 Å². The number of carbonyl (C=O) groups is 1. The monoisotopic (exact) mass is 463 g/mol. The lowest BCUT2D eigenvalue weighted by molar-refractivity contribution is -0.116. The Morgan fingerprint density at radius 1 is 1.15 bits per heavy atom. The van der Waals surface area contributed by atoms with Crippen LogP contribution in [-0.4, -0.2) is 23.2 Å². The van der Waals surface area contributed by atoms with Gasteiger partial charge >= 0.3 is 0 Å². The number of nitrogens with zero attached hydrogens (tertiary/aromatic N) is 2.